The summed E-state index contributed by atoms with van der Waals surface area (Å²) in [6, 6.07) is 0. The van der Waals surface area contributed by atoms with Gasteiger partial charge in [-0.3, -0.25) is 37.3 Å². The van der Waals surface area contributed by atoms with Gasteiger partial charge in [0.05, 0.1) is 26.4 Å². The molecule has 90 heavy (non-hydrogen) atoms. The first-order valence-electron chi connectivity index (χ1n) is 36.7. The van der Waals surface area contributed by atoms with Gasteiger partial charge in [0, 0.05) is 25.7 Å². The first-order chi connectivity index (χ1) is 43.1. The number of carbonyl (C=O) groups excluding carboxylic acids is 4. The molecule has 3 unspecified atom stereocenters. The number of hydrogen-bond acceptors (Lipinski definition) is 15. The molecule has 0 rings (SSSR count). The lowest BCUT2D eigenvalue weighted by atomic mass is 10.00. The number of phosphoric ester groups is 2. The molecular weight excluding hydrogens is 1190 g/mol. The Bertz CT molecular complexity index is 1780. The first-order valence-corrected chi connectivity index (χ1v) is 39.7. The fourth-order valence-electron chi connectivity index (χ4n) is 10.6. The van der Waals surface area contributed by atoms with Crippen LogP contribution >= 0.6 is 15.6 Å². The van der Waals surface area contributed by atoms with Crippen molar-refractivity contribution in [2.24, 2.45) is 23.7 Å². The Labute approximate surface area is 549 Å². The van der Waals surface area contributed by atoms with Crippen LogP contribution in [0, 0.1) is 23.7 Å². The summed E-state index contributed by atoms with van der Waals surface area (Å²) in [5.41, 5.74) is 0. The number of aliphatic hydroxyl groups excluding tert-OH is 1. The third-order valence-electron chi connectivity index (χ3n) is 16.7. The summed E-state index contributed by atoms with van der Waals surface area (Å²) in [4.78, 5) is 72.6. The predicted octanol–water partition coefficient (Wildman–Crippen LogP) is 20.1. The van der Waals surface area contributed by atoms with E-state index in [4.69, 9.17) is 37.0 Å². The van der Waals surface area contributed by atoms with Gasteiger partial charge in [-0.05, 0) is 49.4 Å². The van der Waals surface area contributed by atoms with Crippen LogP contribution in [0.15, 0.2) is 0 Å². The standard InChI is InChI=1S/C71H138O17P2/c1-9-64(8)50-42-34-29-30-36-44-52-69(74)82-58-67(88-71(76)54-46-38-28-22-21-25-33-41-49-63(6)7)60-86-90(79,80)84-56-65(72)55-83-89(77,78)85-59-66(57-81-68(73)51-43-35-26-19-16-12-14-18-24-32-40-48-62(4)5)87-70(75)53-45-37-27-20-15-11-10-13-17-23-31-39-47-61(2)3/h61-67,72H,9-60H2,1-8H3,(H,77,78)(H,79,80)/t64?,65-,66-,67-/m1/s1. The van der Waals surface area contributed by atoms with Gasteiger partial charge in [0.15, 0.2) is 12.2 Å². The number of phosphoric acid groups is 2. The third-order valence-corrected chi connectivity index (χ3v) is 18.6. The van der Waals surface area contributed by atoms with Crippen molar-refractivity contribution in [3.05, 3.63) is 0 Å². The average Bonchev–Trinajstić information content (AvgIpc) is 3.65. The van der Waals surface area contributed by atoms with Crippen LogP contribution < -0.4 is 0 Å². The first kappa shape index (κ1) is 88.1. The molecule has 0 aliphatic heterocycles. The Morgan fingerprint density at radius 3 is 0.789 bits per heavy atom. The Hall–Kier alpha value is -1.94. The lowest BCUT2D eigenvalue weighted by Crippen LogP contribution is -2.30. The maximum absolute atomic E-state index is 13.0. The zero-order chi connectivity index (χ0) is 66.8. The average molecular weight is 1330 g/mol. The monoisotopic (exact) mass is 1320 g/mol. The van der Waals surface area contributed by atoms with Gasteiger partial charge >= 0.3 is 39.5 Å². The number of ether oxygens (including phenoxy) is 4. The summed E-state index contributed by atoms with van der Waals surface area (Å²) >= 11 is 0. The molecule has 0 fully saturated rings. The Kier molecular flexibility index (Phi) is 59.4. The van der Waals surface area contributed by atoms with Crippen LogP contribution in [0.3, 0.4) is 0 Å². The summed E-state index contributed by atoms with van der Waals surface area (Å²) < 4.78 is 68.3. The third kappa shape index (κ3) is 63.5. The summed E-state index contributed by atoms with van der Waals surface area (Å²) in [5, 5.41) is 10.6. The minimum absolute atomic E-state index is 0.103. The van der Waals surface area contributed by atoms with E-state index >= 15 is 0 Å². The summed E-state index contributed by atoms with van der Waals surface area (Å²) in [6.45, 7) is 14.1. The van der Waals surface area contributed by atoms with Gasteiger partial charge in [-0.1, -0.05) is 299 Å². The second-order valence-electron chi connectivity index (χ2n) is 27.3. The molecule has 3 N–H and O–H groups in total. The smallest absolute Gasteiger partial charge is 0.462 e. The van der Waals surface area contributed by atoms with Gasteiger partial charge in [0.25, 0.3) is 0 Å². The molecule has 19 heteroatoms. The maximum Gasteiger partial charge on any atom is 0.472 e. The highest BCUT2D eigenvalue weighted by Gasteiger charge is 2.30. The van der Waals surface area contributed by atoms with Crippen LogP contribution in [0.2, 0.25) is 0 Å². The highest BCUT2D eigenvalue weighted by atomic mass is 31.2. The van der Waals surface area contributed by atoms with Crippen molar-refractivity contribution in [3.8, 4) is 0 Å². The van der Waals surface area contributed by atoms with E-state index in [1.807, 2.05) is 0 Å². The maximum atomic E-state index is 13.0. The van der Waals surface area contributed by atoms with Crippen LogP contribution in [0.25, 0.3) is 0 Å². The van der Waals surface area contributed by atoms with Crippen molar-refractivity contribution in [3.63, 3.8) is 0 Å². The minimum atomic E-state index is -4.95. The summed E-state index contributed by atoms with van der Waals surface area (Å²) in [6.07, 6.45) is 43.1. The van der Waals surface area contributed by atoms with Gasteiger partial charge in [-0.2, -0.15) is 0 Å². The van der Waals surface area contributed by atoms with Crippen LogP contribution in [0.1, 0.15) is 351 Å². The Morgan fingerprint density at radius 2 is 0.533 bits per heavy atom. The molecule has 0 aliphatic carbocycles. The molecule has 0 aromatic rings. The second-order valence-corrected chi connectivity index (χ2v) is 30.2. The van der Waals surface area contributed by atoms with Crippen molar-refractivity contribution >= 4 is 39.5 Å². The molecule has 0 saturated carbocycles. The zero-order valence-electron chi connectivity index (χ0n) is 58.8. The van der Waals surface area contributed by atoms with Crippen LogP contribution in [-0.4, -0.2) is 96.7 Å². The number of carbonyl (C=O) groups is 4. The normalized spacial score (nSPS) is 14.6. The SMILES string of the molecule is CCC(C)CCCCCCCCC(=O)OC[C@H](COP(=O)(O)OC[C@H](O)COP(=O)(O)OC[C@@H](COC(=O)CCCCCCCCCCCCCC(C)C)OC(=O)CCCCCCCCCCCCCCC(C)C)OC(=O)CCCCCCCCCCC(C)C. The van der Waals surface area contributed by atoms with E-state index < -0.39 is 97.5 Å². The van der Waals surface area contributed by atoms with Crippen molar-refractivity contribution in [2.45, 2.75) is 369 Å². The van der Waals surface area contributed by atoms with Gasteiger partial charge in [0.2, 0.25) is 0 Å². The molecule has 0 saturated heterocycles. The van der Waals surface area contributed by atoms with Gasteiger partial charge in [-0.15, -0.1) is 0 Å². The quantitative estimate of drug-likeness (QED) is 0.0222. The number of rotatable bonds is 68. The molecule has 0 bridgehead atoms. The molecule has 534 valence electrons. The molecule has 0 spiro atoms. The molecule has 0 aromatic carbocycles. The van der Waals surface area contributed by atoms with Gasteiger partial charge in [-0.25, -0.2) is 9.13 Å². The summed E-state index contributed by atoms with van der Waals surface area (Å²) in [7, 11) is -9.90. The van der Waals surface area contributed by atoms with Gasteiger partial charge < -0.3 is 33.8 Å². The fraction of sp³-hybridized carbons (Fsp3) is 0.944. The molecule has 0 heterocycles. The van der Waals surface area contributed by atoms with Crippen LogP contribution in [-0.2, 0) is 65.4 Å². The van der Waals surface area contributed by atoms with E-state index in [1.54, 1.807) is 0 Å². The highest BCUT2D eigenvalue weighted by molar-refractivity contribution is 7.47. The molecular formula is C71H138O17P2. The lowest BCUT2D eigenvalue weighted by molar-refractivity contribution is -0.161. The highest BCUT2D eigenvalue weighted by Crippen LogP contribution is 2.45. The van der Waals surface area contributed by atoms with E-state index in [0.29, 0.717) is 25.7 Å². The van der Waals surface area contributed by atoms with E-state index in [0.717, 1.165) is 120 Å². The number of hydrogen-bond donors (Lipinski definition) is 3. The van der Waals surface area contributed by atoms with E-state index in [1.165, 1.54) is 148 Å². The summed E-state index contributed by atoms with van der Waals surface area (Å²) in [5.74, 6) is 0.867. The van der Waals surface area contributed by atoms with E-state index in [2.05, 4.69) is 55.4 Å². The van der Waals surface area contributed by atoms with Crippen molar-refractivity contribution < 1.29 is 80.2 Å². The predicted molar refractivity (Wildman–Crippen MR) is 363 cm³/mol. The second kappa shape index (κ2) is 60.7. The van der Waals surface area contributed by atoms with Crippen molar-refractivity contribution in [1.29, 1.82) is 0 Å². The molecule has 0 aromatic heterocycles. The van der Waals surface area contributed by atoms with Gasteiger partial charge in [0.1, 0.15) is 19.3 Å². The van der Waals surface area contributed by atoms with Crippen LogP contribution in [0.4, 0.5) is 0 Å². The molecule has 0 amide bonds. The molecule has 17 nitrogen and oxygen atoms in total. The number of unbranched alkanes of at least 4 members (excludes halogenated alkanes) is 33. The van der Waals surface area contributed by atoms with E-state index in [-0.39, 0.29) is 25.7 Å². The topological polar surface area (TPSA) is 237 Å². The lowest BCUT2D eigenvalue weighted by Gasteiger charge is -2.21. The number of aliphatic hydroxyl groups is 1. The van der Waals surface area contributed by atoms with Crippen molar-refractivity contribution in [2.75, 3.05) is 39.6 Å². The Balaban J connectivity index is 5.26. The molecule has 0 aliphatic rings. The Morgan fingerprint density at radius 1 is 0.311 bits per heavy atom. The fourth-order valence-corrected chi connectivity index (χ4v) is 12.2. The minimum Gasteiger partial charge on any atom is -0.462 e. The largest absolute Gasteiger partial charge is 0.472 e. The molecule has 6 atom stereocenters. The van der Waals surface area contributed by atoms with E-state index in [9.17, 15) is 43.2 Å². The van der Waals surface area contributed by atoms with Crippen LogP contribution in [0.5, 0.6) is 0 Å². The number of esters is 4. The molecule has 0 radical (unpaired) electrons. The zero-order valence-corrected chi connectivity index (χ0v) is 60.6. The van der Waals surface area contributed by atoms with Crippen molar-refractivity contribution in [1.82, 2.24) is 0 Å².